The quantitative estimate of drug-likeness (QED) is 0.423. The predicted molar refractivity (Wildman–Crippen MR) is 123 cm³/mol. The number of carbonyl (C=O) groups is 3. The van der Waals surface area contributed by atoms with Gasteiger partial charge in [-0.1, -0.05) is 48.5 Å². The minimum absolute atomic E-state index is 0.0329. The van der Waals surface area contributed by atoms with E-state index in [0.717, 1.165) is 9.80 Å². The summed E-state index contributed by atoms with van der Waals surface area (Å²) in [7, 11) is 0. The van der Waals surface area contributed by atoms with E-state index in [4.69, 9.17) is 4.74 Å². The standard InChI is InChI=1S/C26H22N2O4/c1-18(2)32-22-15-13-19(14-16-22)17-23-24(29)27(20-9-5-3-6-10-20)26(31)28(25(23)30)21-11-7-4-8-12-21/h3-18H,1-2H3. The van der Waals surface area contributed by atoms with Crippen molar-refractivity contribution in [1.82, 2.24) is 0 Å². The lowest BCUT2D eigenvalue weighted by Gasteiger charge is -2.33. The molecular formula is C26H22N2O4. The molecule has 32 heavy (non-hydrogen) atoms. The summed E-state index contributed by atoms with van der Waals surface area (Å²) in [4.78, 5) is 41.9. The Morgan fingerprint density at radius 2 is 1.16 bits per heavy atom. The van der Waals surface area contributed by atoms with Crippen molar-refractivity contribution in [2.75, 3.05) is 9.80 Å². The highest BCUT2D eigenvalue weighted by atomic mass is 16.5. The van der Waals surface area contributed by atoms with Crippen molar-refractivity contribution in [3.63, 3.8) is 0 Å². The second-order valence-electron chi connectivity index (χ2n) is 7.53. The second kappa shape index (κ2) is 8.89. The number of rotatable bonds is 5. The molecule has 1 aliphatic heterocycles. The molecule has 0 radical (unpaired) electrons. The molecule has 6 heteroatoms. The van der Waals surface area contributed by atoms with Crippen molar-refractivity contribution in [2.45, 2.75) is 20.0 Å². The minimum atomic E-state index is -0.713. The fourth-order valence-electron chi connectivity index (χ4n) is 3.42. The average Bonchev–Trinajstić information content (AvgIpc) is 2.79. The zero-order valence-electron chi connectivity index (χ0n) is 17.8. The van der Waals surface area contributed by atoms with Gasteiger partial charge in [-0.3, -0.25) is 9.59 Å². The number of hydrogen-bond acceptors (Lipinski definition) is 4. The van der Waals surface area contributed by atoms with Gasteiger partial charge in [-0.15, -0.1) is 0 Å². The van der Waals surface area contributed by atoms with E-state index in [1.807, 2.05) is 13.8 Å². The number of barbiturate groups is 1. The van der Waals surface area contributed by atoms with Gasteiger partial charge in [0.05, 0.1) is 17.5 Å². The average molecular weight is 426 g/mol. The van der Waals surface area contributed by atoms with Gasteiger partial charge in [0, 0.05) is 0 Å². The summed E-state index contributed by atoms with van der Waals surface area (Å²) in [6, 6.07) is 23.5. The Labute approximate surface area is 186 Å². The number of benzene rings is 3. The van der Waals surface area contributed by atoms with Crippen LogP contribution in [0.3, 0.4) is 0 Å². The van der Waals surface area contributed by atoms with E-state index in [9.17, 15) is 14.4 Å². The highest BCUT2D eigenvalue weighted by Gasteiger charge is 2.43. The molecule has 0 saturated carbocycles. The van der Waals surface area contributed by atoms with Crippen molar-refractivity contribution in [3.8, 4) is 5.75 Å². The zero-order valence-corrected chi connectivity index (χ0v) is 17.8. The van der Waals surface area contributed by atoms with Crippen molar-refractivity contribution >= 4 is 35.3 Å². The molecule has 0 aliphatic carbocycles. The second-order valence-corrected chi connectivity index (χ2v) is 7.53. The molecule has 0 aromatic heterocycles. The summed E-state index contributed by atoms with van der Waals surface area (Å²) in [6.45, 7) is 3.87. The summed E-state index contributed by atoms with van der Waals surface area (Å²) in [5.41, 5.74) is 1.33. The molecule has 1 heterocycles. The van der Waals surface area contributed by atoms with Gasteiger partial charge in [-0.25, -0.2) is 14.6 Å². The molecule has 0 atom stereocenters. The molecular weight excluding hydrogens is 404 g/mol. The van der Waals surface area contributed by atoms with Crippen LogP contribution in [-0.2, 0) is 9.59 Å². The van der Waals surface area contributed by atoms with Crippen molar-refractivity contribution in [3.05, 3.63) is 96.1 Å². The molecule has 160 valence electrons. The number of para-hydroxylation sites is 2. The number of imide groups is 2. The van der Waals surface area contributed by atoms with Crippen LogP contribution in [0, 0.1) is 0 Å². The first-order valence-corrected chi connectivity index (χ1v) is 10.3. The Hall–Kier alpha value is -4.19. The Morgan fingerprint density at radius 1 is 0.688 bits per heavy atom. The number of hydrogen-bond donors (Lipinski definition) is 0. The first kappa shape index (κ1) is 21.1. The van der Waals surface area contributed by atoms with Gasteiger partial charge in [-0.2, -0.15) is 0 Å². The molecule has 6 nitrogen and oxygen atoms in total. The molecule has 0 bridgehead atoms. The first-order valence-electron chi connectivity index (χ1n) is 10.3. The number of nitrogens with zero attached hydrogens (tertiary/aromatic N) is 2. The SMILES string of the molecule is CC(C)Oc1ccc(C=C2C(=O)N(c3ccccc3)C(=O)N(c3ccccc3)C2=O)cc1. The summed E-state index contributed by atoms with van der Waals surface area (Å²) >= 11 is 0. The van der Waals surface area contributed by atoms with Gasteiger partial charge in [0.25, 0.3) is 11.8 Å². The lowest BCUT2D eigenvalue weighted by Crippen LogP contribution is -2.57. The highest BCUT2D eigenvalue weighted by molar-refractivity contribution is 6.46. The summed E-state index contributed by atoms with van der Waals surface area (Å²) in [6.07, 6.45) is 1.54. The number of amides is 4. The van der Waals surface area contributed by atoms with Crippen molar-refractivity contribution < 1.29 is 19.1 Å². The van der Waals surface area contributed by atoms with E-state index in [1.54, 1.807) is 84.9 Å². The van der Waals surface area contributed by atoms with Crippen molar-refractivity contribution in [1.29, 1.82) is 0 Å². The van der Waals surface area contributed by atoms with Crippen LogP contribution in [0.25, 0.3) is 6.08 Å². The summed E-state index contributed by atoms with van der Waals surface area (Å²) in [5.74, 6) is -0.641. The van der Waals surface area contributed by atoms with E-state index < -0.39 is 17.8 Å². The van der Waals surface area contributed by atoms with Gasteiger partial charge in [0.15, 0.2) is 0 Å². The normalized spacial score (nSPS) is 14.2. The third kappa shape index (κ3) is 4.16. The largest absolute Gasteiger partial charge is 0.491 e. The van der Waals surface area contributed by atoms with E-state index in [1.165, 1.54) is 6.08 Å². The van der Waals surface area contributed by atoms with Crippen LogP contribution in [0.2, 0.25) is 0 Å². The summed E-state index contributed by atoms with van der Waals surface area (Å²) in [5, 5.41) is 0. The van der Waals surface area contributed by atoms with E-state index >= 15 is 0 Å². The monoisotopic (exact) mass is 426 g/mol. The number of urea groups is 1. The van der Waals surface area contributed by atoms with E-state index in [-0.39, 0.29) is 11.7 Å². The van der Waals surface area contributed by atoms with Gasteiger partial charge in [-0.05, 0) is 61.9 Å². The smallest absolute Gasteiger partial charge is 0.343 e. The maximum absolute atomic E-state index is 13.3. The maximum atomic E-state index is 13.3. The highest BCUT2D eigenvalue weighted by Crippen LogP contribution is 2.29. The predicted octanol–water partition coefficient (Wildman–Crippen LogP) is 5.06. The van der Waals surface area contributed by atoms with E-state index in [2.05, 4.69) is 0 Å². The van der Waals surface area contributed by atoms with Crippen LogP contribution in [0.15, 0.2) is 90.5 Å². The molecule has 3 aromatic rings. The van der Waals surface area contributed by atoms with Gasteiger partial charge in [0.1, 0.15) is 11.3 Å². The van der Waals surface area contributed by atoms with E-state index in [0.29, 0.717) is 22.7 Å². The Bertz CT molecular complexity index is 1110. The Balaban J connectivity index is 1.78. The van der Waals surface area contributed by atoms with Gasteiger partial charge in [0.2, 0.25) is 0 Å². The van der Waals surface area contributed by atoms with Crippen LogP contribution in [0.1, 0.15) is 19.4 Å². The molecule has 1 saturated heterocycles. The van der Waals surface area contributed by atoms with Crippen LogP contribution in [0.4, 0.5) is 16.2 Å². The lowest BCUT2D eigenvalue weighted by atomic mass is 10.0. The molecule has 0 spiro atoms. The fourth-order valence-corrected chi connectivity index (χ4v) is 3.42. The molecule has 0 N–H and O–H groups in total. The number of anilines is 2. The number of carbonyl (C=O) groups excluding carboxylic acids is 3. The third-order valence-electron chi connectivity index (χ3n) is 4.84. The van der Waals surface area contributed by atoms with Crippen LogP contribution >= 0.6 is 0 Å². The fraction of sp³-hybridized carbons (Fsp3) is 0.115. The zero-order chi connectivity index (χ0) is 22.7. The van der Waals surface area contributed by atoms with Gasteiger partial charge >= 0.3 is 6.03 Å². The number of ether oxygens (including phenoxy) is 1. The topological polar surface area (TPSA) is 66.9 Å². The Kier molecular flexibility index (Phi) is 5.85. The first-order chi connectivity index (χ1) is 15.5. The van der Waals surface area contributed by atoms with Crippen LogP contribution < -0.4 is 14.5 Å². The van der Waals surface area contributed by atoms with Crippen molar-refractivity contribution in [2.24, 2.45) is 0 Å². The molecule has 1 fully saturated rings. The molecule has 4 rings (SSSR count). The van der Waals surface area contributed by atoms with Crippen LogP contribution in [-0.4, -0.2) is 23.9 Å². The molecule has 4 amide bonds. The molecule has 1 aliphatic rings. The minimum Gasteiger partial charge on any atom is -0.491 e. The van der Waals surface area contributed by atoms with Crippen LogP contribution in [0.5, 0.6) is 5.75 Å². The lowest BCUT2D eigenvalue weighted by molar-refractivity contribution is -0.121. The summed E-state index contributed by atoms with van der Waals surface area (Å²) < 4.78 is 5.65. The molecule has 3 aromatic carbocycles. The van der Waals surface area contributed by atoms with Gasteiger partial charge < -0.3 is 4.74 Å². The Morgan fingerprint density at radius 3 is 1.59 bits per heavy atom. The molecule has 0 unspecified atom stereocenters. The maximum Gasteiger partial charge on any atom is 0.343 e. The third-order valence-corrected chi connectivity index (χ3v) is 4.84.